The Morgan fingerprint density at radius 2 is 2.10 bits per heavy atom. The van der Waals surface area contributed by atoms with Gasteiger partial charge in [0.05, 0.1) is 18.9 Å². The molecule has 0 saturated heterocycles. The molecule has 0 aromatic carbocycles. The summed E-state index contributed by atoms with van der Waals surface area (Å²) in [7, 11) is 0. The van der Waals surface area contributed by atoms with Crippen LogP contribution in [-0.2, 0) is 21.8 Å². The van der Waals surface area contributed by atoms with Crippen molar-refractivity contribution < 1.29 is 27.4 Å². The Hall–Kier alpha value is -1.70. The SMILES string of the molecule is CCOC(=O)Cc1c(CCl)[nH]cc(OC(F)(F)F)c1=O. The summed E-state index contributed by atoms with van der Waals surface area (Å²) in [5.74, 6) is -1.87. The highest BCUT2D eigenvalue weighted by atomic mass is 35.5. The van der Waals surface area contributed by atoms with Gasteiger partial charge in [-0.25, -0.2) is 0 Å². The van der Waals surface area contributed by atoms with E-state index in [1.54, 1.807) is 6.92 Å². The molecule has 1 N–H and O–H groups in total. The number of pyridine rings is 1. The normalized spacial score (nSPS) is 11.2. The minimum atomic E-state index is -5.00. The molecule has 0 radical (unpaired) electrons. The first-order chi connectivity index (χ1) is 9.28. The number of hydrogen-bond acceptors (Lipinski definition) is 4. The van der Waals surface area contributed by atoms with Crippen LogP contribution in [0.2, 0.25) is 0 Å². The fourth-order valence-electron chi connectivity index (χ4n) is 1.45. The Morgan fingerprint density at radius 3 is 2.60 bits per heavy atom. The highest BCUT2D eigenvalue weighted by Gasteiger charge is 2.33. The maximum Gasteiger partial charge on any atom is 0.573 e. The second kappa shape index (κ2) is 6.65. The van der Waals surface area contributed by atoms with Crippen LogP contribution in [0, 0.1) is 0 Å². The van der Waals surface area contributed by atoms with E-state index in [0.717, 1.165) is 6.20 Å². The molecule has 0 spiro atoms. The molecule has 1 rings (SSSR count). The number of esters is 1. The van der Waals surface area contributed by atoms with Crippen molar-refractivity contribution in [2.45, 2.75) is 25.6 Å². The van der Waals surface area contributed by atoms with Gasteiger partial charge in [0.1, 0.15) is 0 Å². The van der Waals surface area contributed by atoms with Crippen LogP contribution < -0.4 is 10.2 Å². The lowest BCUT2D eigenvalue weighted by atomic mass is 10.1. The molecule has 0 aliphatic carbocycles. The van der Waals surface area contributed by atoms with Crippen molar-refractivity contribution in [3.8, 4) is 5.75 Å². The molecule has 0 bridgehead atoms. The Bertz CT molecular complexity index is 541. The lowest BCUT2D eigenvalue weighted by Crippen LogP contribution is -2.25. The number of H-pyrrole nitrogens is 1. The lowest BCUT2D eigenvalue weighted by Gasteiger charge is -2.11. The van der Waals surface area contributed by atoms with Crippen molar-refractivity contribution >= 4 is 17.6 Å². The van der Waals surface area contributed by atoms with Gasteiger partial charge in [0.15, 0.2) is 5.75 Å². The van der Waals surface area contributed by atoms with Gasteiger partial charge in [-0.2, -0.15) is 0 Å². The van der Waals surface area contributed by atoms with Gasteiger partial charge in [0.2, 0.25) is 5.43 Å². The van der Waals surface area contributed by atoms with Gasteiger partial charge in [-0.1, -0.05) is 0 Å². The smallest absolute Gasteiger partial charge is 0.466 e. The number of nitrogens with one attached hydrogen (secondary N) is 1. The van der Waals surface area contributed by atoms with E-state index in [1.165, 1.54) is 0 Å². The summed E-state index contributed by atoms with van der Waals surface area (Å²) >= 11 is 5.56. The number of carbonyl (C=O) groups is 1. The van der Waals surface area contributed by atoms with Gasteiger partial charge in [-0.15, -0.1) is 24.8 Å². The zero-order valence-corrected chi connectivity index (χ0v) is 11.1. The molecule has 112 valence electrons. The van der Waals surface area contributed by atoms with Crippen LogP contribution in [0.3, 0.4) is 0 Å². The van der Waals surface area contributed by atoms with Gasteiger partial charge < -0.3 is 14.5 Å². The number of hydrogen-bond donors (Lipinski definition) is 1. The first-order valence-electron chi connectivity index (χ1n) is 5.49. The van der Waals surface area contributed by atoms with Crippen LogP contribution in [0.1, 0.15) is 18.2 Å². The summed E-state index contributed by atoms with van der Waals surface area (Å²) in [6.07, 6.45) is -4.74. The average molecular weight is 314 g/mol. The van der Waals surface area contributed by atoms with Crippen LogP contribution in [0.25, 0.3) is 0 Å². The van der Waals surface area contributed by atoms with Crippen molar-refractivity contribution in [2.24, 2.45) is 0 Å². The summed E-state index contributed by atoms with van der Waals surface area (Å²) in [5, 5.41) is 0. The first kappa shape index (κ1) is 16.4. The molecule has 0 unspecified atom stereocenters. The van der Waals surface area contributed by atoms with E-state index in [1.807, 2.05) is 0 Å². The third-order valence-corrected chi connectivity index (χ3v) is 2.49. The number of aromatic nitrogens is 1. The molecule has 0 amide bonds. The van der Waals surface area contributed by atoms with Crippen LogP contribution >= 0.6 is 11.6 Å². The molecule has 20 heavy (non-hydrogen) atoms. The Balaban J connectivity index is 3.16. The molecule has 0 aliphatic rings. The quantitative estimate of drug-likeness (QED) is 0.668. The number of carbonyl (C=O) groups excluding carboxylic acids is 1. The number of halogens is 4. The van der Waals surface area contributed by atoms with Gasteiger partial charge in [-0.3, -0.25) is 9.59 Å². The number of rotatable bonds is 5. The monoisotopic (exact) mass is 313 g/mol. The molecule has 0 atom stereocenters. The van der Waals surface area contributed by atoms with E-state index in [2.05, 4.69) is 14.5 Å². The zero-order chi connectivity index (χ0) is 15.3. The van der Waals surface area contributed by atoms with Gasteiger partial charge >= 0.3 is 12.3 Å². The topological polar surface area (TPSA) is 68.4 Å². The molecule has 0 saturated carbocycles. The van der Waals surface area contributed by atoms with E-state index in [4.69, 9.17) is 11.6 Å². The van der Waals surface area contributed by atoms with E-state index >= 15 is 0 Å². The predicted octanol–water partition coefficient (Wildman–Crippen LogP) is 2.12. The minimum Gasteiger partial charge on any atom is -0.466 e. The number of alkyl halides is 4. The fraction of sp³-hybridized carbons (Fsp3) is 0.455. The van der Waals surface area contributed by atoms with Crippen molar-refractivity contribution in [2.75, 3.05) is 6.61 Å². The zero-order valence-electron chi connectivity index (χ0n) is 10.3. The molecule has 1 heterocycles. The third kappa shape index (κ3) is 4.44. The molecule has 1 aromatic heterocycles. The molecule has 5 nitrogen and oxygen atoms in total. The van der Waals surface area contributed by atoms with Gasteiger partial charge in [0.25, 0.3) is 0 Å². The van der Waals surface area contributed by atoms with E-state index in [9.17, 15) is 22.8 Å². The Morgan fingerprint density at radius 1 is 1.45 bits per heavy atom. The van der Waals surface area contributed by atoms with Crippen LogP contribution in [0.4, 0.5) is 13.2 Å². The van der Waals surface area contributed by atoms with Gasteiger partial charge in [-0.05, 0) is 6.92 Å². The van der Waals surface area contributed by atoms with E-state index < -0.39 is 29.9 Å². The highest BCUT2D eigenvalue weighted by molar-refractivity contribution is 6.17. The second-order valence-electron chi connectivity index (χ2n) is 3.60. The van der Waals surface area contributed by atoms with Crippen LogP contribution in [-0.4, -0.2) is 23.9 Å². The molecular formula is C11H11ClF3NO4. The minimum absolute atomic E-state index is 0.0890. The number of ether oxygens (including phenoxy) is 2. The summed E-state index contributed by atoms with van der Waals surface area (Å²) in [4.78, 5) is 25.6. The summed E-state index contributed by atoms with van der Waals surface area (Å²) in [5.41, 5.74) is -1.12. The average Bonchev–Trinajstić information content (AvgIpc) is 2.33. The predicted molar refractivity (Wildman–Crippen MR) is 63.6 cm³/mol. The summed E-state index contributed by atoms with van der Waals surface area (Å²) < 4.78 is 44.6. The van der Waals surface area contributed by atoms with Crippen molar-refractivity contribution in [3.05, 3.63) is 27.7 Å². The highest BCUT2D eigenvalue weighted by Crippen LogP contribution is 2.20. The Labute approximate surface area is 116 Å². The van der Waals surface area contributed by atoms with E-state index in [-0.39, 0.29) is 23.7 Å². The summed E-state index contributed by atoms with van der Waals surface area (Å²) in [6, 6.07) is 0. The largest absolute Gasteiger partial charge is 0.573 e. The van der Waals surface area contributed by atoms with Crippen molar-refractivity contribution in [3.63, 3.8) is 0 Å². The summed E-state index contributed by atoms with van der Waals surface area (Å²) in [6.45, 7) is 1.65. The second-order valence-corrected chi connectivity index (χ2v) is 3.87. The van der Waals surface area contributed by atoms with E-state index in [0.29, 0.717) is 0 Å². The number of aromatic amines is 1. The van der Waals surface area contributed by atoms with Crippen molar-refractivity contribution in [1.29, 1.82) is 0 Å². The molecule has 9 heteroatoms. The maximum atomic E-state index is 12.1. The maximum absolute atomic E-state index is 12.1. The Kier molecular flexibility index (Phi) is 5.43. The molecule has 0 fully saturated rings. The standard InChI is InChI=1S/C11H11ClF3NO4/c1-2-19-9(17)3-6-7(4-12)16-5-8(10(6)18)20-11(13,14)15/h5H,2-4H2,1H3,(H,16,18). The van der Waals surface area contributed by atoms with Crippen LogP contribution in [0.15, 0.2) is 11.0 Å². The lowest BCUT2D eigenvalue weighted by molar-refractivity contribution is -0.275. The van der Waals surface area contributed by atoms with Crippen molar-refractivity contribution in [1.82, 2.24) is 4.98 Å². The first-order valence-corrected chi connectivity index (χ1v) is 6.02. The third-order valence-electron chi connectivity index (χ3n) is 2.23. The fourth-order valence-corrected chi connectivity index (χ4v) is 1.69. The molecule has 1 aromatic rings. The van der Waals surface area contributed by atoms with Crippen LogP contribution in [0.5, 0.6) is 5.75 Å². The molecule has 0 aliphatic heterocycles. The molecular weight excluding hydrogens is 303 g/mol. The van der Waals surface area contributed by atoms with Gasteiger partial charge in [0, 0.05) is 17.5 Å².